The lowest BCUT2D eigenvalue weighted by atomic mass is 10.1. The third-order valence-corrected chi connectivity index (χ3v) is 3.54. The summed E-state index contributed by atoms with van der Waals surface area (Å²) in [6.45, 7) is 1.84. The first-order valence-electron chi connectivity index (χ1n) is 5.74. The number of halogens is 2. The summed E-state index contributed by atoms with van der Waals surface area (Å²) >= 11 is 12.2. The van der Waals surface area contributed by atoms with Crippen molar-refractivity contribution >= 4 is 46.2 Å². The smallest absolute Gasteiger partial charge is 0.335 e. The molecule has 0 bridgehead atoms. The van der Waals surface area contributed by atoms with Crippen LogP contribution < -0.4 is 11.1 Å². The van der Waals surface area contributed by atoms with Crippen LogP contribution in [0.1, 0.15) is 15.9 Å². The van der Waals surface area contributed by atoms with E-state index in [9.17, 15) is 4.79 Å². The zero-order chi connectivity index (χ0) is 14.9. The Morgan fingerprint density at radius 1 is 1.15 bits per heavy atom. The molecular weight excluding hydrogens is 299 g/mol. The number of carboxylic acids is 1. The van der Waals surface area contributed by atoms with Crippen LogP contribution in [0.4, 0.5) is 17.1 Å². The Morgan fingerprint density at radius 2 is 1.85 bits per heavy atom. The second kappa shape index (κ2) is 5.61. The minimum atomic E-state index is -1.03. The standard InChI is InChI=1S/C14H12Cl2N2O2/c1-7-4-10(16)12(6-9(7)15)18-13-5-8(14(19)20)2-3-11(13)17/h2-6,18H,17H2,1H3,(H,19,20). The molecule has 4 N–H and O–H groups in total. The highest BCUT2D eigenvalue weighted by Gasteiger charge is 2.10. The van der Waals surface area contributed by atoms with E-state index in [0.717, 1.165) is 5.56 Å². The number of carboxylic acid groups (broad SMARTS) is 1. The maximum Gasteiger partial charge on any atom is 0.335 e. The lowest BCUT2D eigenvalue weighted by Gasteiger charge is -2.13. The summed E-state index contributed by atoms with van der Waals surface area (Å²) in [6, 6.07) is 7.80. The molecule has 0 saturated carbocycles. The van der Waals surface area contributed by atoms with E-state index in [1.165, 1.54) is 18.2 Å². The molecule has 0 aromatic heterocycles. The number of aromatic carboxylic acids is 1. The van der Waals surface area contributed by atoms with Gasteiger partial charge >= 0.3 is 5.97 Å². The van der Waals surface area contributed by atoms with Crippen molar-refractivity contribution in [3.8, 4) is 0 Å². The highest BCUT2D eigenvalue weighted by molar-refractivity contribution is 6.35. The van der Waals surface area contributed by atoms with Gasteiger partial charge in [-0.3, -0.25) is 0 Å². The van der Waals surface area contributed by atoms with Crippen LogP contribution >= 0.6 is 23.2 Å². The fraction of sp³-hybridized carbons (Fsp3) is 0.0714. The molecular formula is C14H12Cl2N2O2. The van der Waals surface area contributed by atoms with E-state index < -0.39 is 5.97 Å². The molecule has 20 heavy (non-hydrogen) atoms. The number of nitrogen functional groups attached to an aromatic ring is 1. The molecule has 4 nitrogen and oxygen atoms in total. The summed E-state index contributed by atoms with van der Waals surface area (Å²) < 4.78 is 0. The third-order valence-electron chi connectivity index (χ3n) is 2.82. The van der Waals surface area contributed by atoms with Gasteiger partial charge in [0.1, 0.15) is 0 Å². The van der Waals surface area contributed by atoms with E-state index in [2.05, 4.69) is 5.32 Å². The fourth-order valence-corrected chi connectivity index (χ4v) is 2.11. The molecule has 0 spiro atoms. The molecule has 0 unspecified atom stereocenters. The number of anilines is 3. The van der Waals surface area contributed by atoms with Crippen molar-refractivity contribution < 1.29 is 9.90 Å². The number of nitrogens with two attached hydrogens (primary N) is 1. The van der Waals surface area contributed by atoms with E-state index in [-0.39, 0.29) is 5.56 Å². The van der Waals surface area contributed by atoms with E-state index in [0.29, 0.717) is 27.1 Å². The number of aryl methyl sites for hydroxylation is 1. The number of carbonyl (C=O) groups is 1. The Labute approximate surface area is 126 Å². The maximum atomic E-state index is 11.0. The molecule has 0 aliphatic rings. The summed E-state index contributed by atoms with van der Waals surface area (Å²) in [4.78, 5) is 11.0. The summed E-state index contributed by atoms with van der Waals surface area (Å²) in [5.74, 6) is -1.03. The molecule has 0 heterocycles. The van der Waals surface area contributed by atoms with Gasteiger partial charge in [0.25, 0.3) is 0 Å². The molecule has 2 rings (SSSR count). The van der Waals surface area contributed by atoms with Crippen molar-refractivity contribution in [3.05, 3.63) is 51.5 Å². The van der Waals surface area contributed by atoms with Crippen molar-refractivity contribution in [2.45, 2.75) is 6.92 Å². The van der Waals surface area contributed by atoms with Crippen LogP contribution in [0.5, 0.6) is 0 Å². The minimum Gasteiger partial charge on any atom is -0.478 e. The predicted molar refractivity (Wildman–Crippen MR) is 82.3 cm³/mol. The van der Waals surface area contributed by atoms with Gasteiger partial charge in [-0.1, -0.05) is 23.2 Å². The molecule has 0 amide bonds. The van der Waals surface area contributed by atoms with E-state index in [1.54, 1.807) is 12.1 Å². The van der Waals surface area contributed by atoms with Gasteiger partial charge in [-0.25, -0.2) is 4.79 Å². The maximum absolute atomic E-state index is 11.0. The average Bonchev–Trinajstić information content (AvgIpc) is 2.38. The van der Waals surface area contributed by atoms with Crippen LogP contribution in [-0.2, 0) is 0 Å². The van der Waals surface area contributed by atoms with Crippen molar-refractivity contribution in [1.29, 1.82) is 0 Å². The Kier molecular flexibility index (Phi) is 4.06. The lowest BCUT2D eigenvalue weighted by Crippen LogP contribution is -2.02. The molecule has 0 radical (unpaired) electrons. The third kappa shape index (κ3) is 2.98. The molecule has 0 atom stereocenters. The molecule has 0 aliphatic heterocycles. The Morgan fingerprint density at radius 3 is 2.50 bits per heavy atom. The molecule has 2 aromatic carbocycles. The van der Waals surface area contributed by atoms with Crippen molar-refractivity contribution in [2.24, 2.45) is 0 Å². The number of hydrogen-bond acceptors (Lipinski definition) is 3. The normalized spacial score (nSPS) is 10.3. The predicted octanol–water partition coefficient (Wildman–Crippen LogP) is 4.33. The summed E-state index contributed by atoms with van der Waals surface area (Å²) in [7, 11) is 0. The first-order chi connectivity index (χ1) is 9.38. The van der Waals surface area contributed by atoms with E-state index in [1.807, 2.05) is 6.92 Å². The molecule has 6 heteroatoms. The monoisotopic (exact) mass is 310 g/mol. The zero-order valence-electron chi connectivity index (χ0n) is 10.6. The highest BCUT2D eigenvalue weighted by atomic mass is 35.5. The van der Waals surface area contributed by atoms with E-state index in [4.69, 9.17) is 34.0 Å². The first-order valence-corrected chi connectivity index (χ1v) is 6.49. The zero-order valence-corrected chi connectivity index (χ0v) is 12.1. The van der Waals surface area contributed by atoms with Crippen LogP contribution in [-0.4, -0.2) is 11.1 Å². The molecule has 0 aliphatic carbocycles. The lowest BCUT2D eigenvalue weighted by molar-refractivity contribution is 0.0697. The molecule has 2 aromatic rings. The van der Waals surface area contributed by atoms with Crippen molar-refractivity contribution in [1.82, 2.24) is 0 Å². The van der Waals surface area contributed by atoms with Gasteiger partial charge in [0.05, 0.1) is 27.6 Å². The van der Waals surface area contributed by atoms with Crippen LogP contribution in [0.3, 0.4) is 0 Å². The Bertz CT molecular complexity index is 687. The molecule has 0 saturated heterocycles. The summed E-state index contributed by atoms with van der Waals surface area (Å²) in [5, 5.41) is 13.0. The highest BCUT2D eigenvalue weighted by Crippen LogP contribution is 2.33. The minimum absolute atomic E-state index is 0.135. The Hall–Kier alpha value is -1.91. The molecule has 0 fully saturated rings. The van der Waals surface area contributed by atoms with Gasteiger partial charge in [-0.05, 0) is 42.8 Å². The second-order valence-corrected chi connectivity index (χ2v) is 5.13. The van der Waals surface area contributed by atoms with Crippen LogP contribution in [0, 0.1) is 6.92 Å². The van der Waals surface area contributed by atoms with Gasteiger partial charge in [0.15, 0.2) is 0 Å². The number of benzene rings is 2. The van der Waals surface area contributed by atoms with Gasteiger partial charge in [0.2, 0.25) is 0 Å². The van der Waals surface area contributed by atoms with Crippen LogP contribution in [0.25, 0.3) is 0 Å². The van der Waals surface area contributed by atoms with Gasteiger partial charge in [-0.2, -0.15) is 0 Å². The summed E-state index contributed by atoms with van der Waals surface area (Å²) in [5.41, 5.74) is 8.27. The van der Waals surface area contributed by atoms with Crippen molar-refractivity contribution in [3.63, 3.8) is 0 Å². The molecule has 104 valence electrons. The second-order valence-electron chi connectivity index (χ2n) is 4.31. The van der Waals surface area contributed by atoms with Crippen LogP contribution in [0.2, 0.25) is 10.0 Å². The number of rotatable bonds is 3. The summed E-state index contributed by atoms with van der Waals surface area (Å²) in [6.07, 6.45) is 0. The van der Waals surface area contributed by atoms with Crippen molar-refractivity contribution in [2.75, 3.05) is 11.1 Å². The first kappa shape index (κ1) is 14.5. The van der Waals surface area contributed by atoms with Gasteiger partial charge in [0, 0.05) is 5.02 Å². The van der Waals surface area contributed by atoms with Gasteiger partial charge < -0.3 is 16.2 Å². The average molecular weight is 311 g/mol. The number of hydrogen-bond donors (Lipinski definition) is 3. The van der Waals surface area contributed by atoms with E-state index >= 15 is 0 Å². The SMILES string of the molecule is Cc1cc(Cl)c(Nc2cc(C(=O)O)ccc2N)cc1Cl. The topological polar surface area (TPSA) is 75.3 Å². The van der Waals surface area contributed by atoms with Gasteiger partial charge in [-0.15, -0.1) is 0 Å². The Balaban J connectivity index is 2.42. The number of nitrogens with one attached hydrogen (secondary N) is 1. The fourth-order valence-electron chi connectivity index (χ4n) is 1.68. The largest absolute Gasteiger partial charge is 0.478 e. The van der Waals surface area contributed by atoms with Crippen LogP contribution in [0.15, 0.2) is 30.3 Å². The quantitative estimate of drug-likeness (QED) is 0.738.